The summed E-state index contributed by atoms with van der Waals surface area (Å²) in [6, 6.07) is 0.921. The molecule has 28 heavy (non-hydrogen) atoms. The van der Waals surface area contributed by atoms with Crippen molar-refractivity contribution in [1.29, 1.82) is 0 Å². The van der Waals surface area contributed by atoms with Crippen LogP contribution in [0.15, 0.2) is 4.99 Å². The van der Waals surface area contributed by atoms with E-state index >= 15 is 0 Å². The van der Waals surface area contributed by atoms with Gasteiger partial charge in [0.25, 0.3) is 0 Å². The van der Waals surface area contributed by atoms with Crippen LogP contribution in [0.4, 0.5) is 0 Å². The van der Waals surface area contributed by atoms with E-state index in [-0.39, 0.29) is 29.4 Å². The third kappa shape index (κ3) is 7.61. The number of nitrogens with zero attached hydrogens (tertiary/aromatic N) is 2. The molecular formula is C21H43IN4O2. The number of rotatable bonds is 10. The lowest BCUT2D eigenvalue weighted by atomic mass is 9.64. The fourth-order valence-corrected chi connectivity index (χ4v) is 3.95. The Hall–Kier alpha value is -0.120. The van der Waals surface area contributed by atoms with Gasteiger partial charge in [-0.25, -0.2) is 0 Å². The normalized spacial score (nSPS) is 25.7. The molecule has 0 spiro atoms. The van der Waals surface area contributed by atoms with E-state index in [1.54, 1.807) is 7.11 Å². The van der Waals surface area contributed by atoms with Gasteiger partial charge in [-0.1, -0.05) is 27.2 Å². The summed E-state index contributed by atoms with van der Waals surface area (Å²) in [6.45, 7) is 14.7. The van der Waals surface area contributed by atoms with E-state index in [1.807, 2.05) is 0 Å². The van der Waals surface area contributed by atoms with E-state index in [2.05, 4.69) is 43.2 Å². The predicted molar refractivity (Wildman–Crippen MR) is 128 cm³/mol. The Morgan fingerprint density at radius 1 is 1.14 bits per heavy atom. The van der Waals surface area contributed by atoms with Crippen molar-refractivity contribution in [2.75, 3.05) is 46.5 Å². The molecule has 1 aliphatic heterocycles. The highest BCUT2D eigenvalue weighted by atomic mass is 127. The third-order valence-corrected chi connectivity index (χ3v) is 6.16. The lowest BCUT2D eigenvalue weighted by Crippen LogP contribution is -2.64. The maximum atomic E-state index is 6.08. The molecule has 1 heterocycles. The largest absolute Gasteiger partial charge is 0.383 e. The number of halogens is 1. The highest BCUT2D eigenvalue weighted by molar-refractivity contribution is 14.0. The first-order valence-corrected chi connectivity index (χ1v) is 10.9. The summed E-state index contributed by atoms with van der Waals surface area (Å²) in [5, 5.41) is 7.36. The molecule has 0 aromatic heterocycles. The second-order valence-electron chi connectivity index (χ2n) is 8.54. The Bertz CT molecular complexity index is 454. The van der Waals surface area contributed by atoms with Crippen LogP contribution >= 0.6 is 24.0 Å². The quantitative estimate of drug-likeness (QED) is 0.205. The van der Waals surface area contributed by atoms with Gasteiger partial charge < -0.3 is 25.0 Å². The van der Waals surface area contributed by atoms with Crippen LogP contribution in [0.25, 0.3) is 0 Å². The zero-order chi connectivity index (χ0) is 19.7. The van der Waals surface area contributed by atoms with Crippen LogP contribution in [-0.2, 0) is 9.47 Å². The Morgan fingerprint density at radius 2 is 1.86 bits per heavy atom. The van der Waals surface area contributed by atoms with Crippen LogP contribution in [0.2, 0.25) is 0 Å². The SMILES string of the molecule is CCCCOC1CC(NC(=NCC)NC2CCN(CCOC)CC2)C1(C)C.I. The molecule has 2 N–H and O–H groups in total. The Balaban J connectivity index is 0.00000392. The molecule has 2 rings (SSSR count). The number of guanidine groups is 1. The molecule has 2 fully saturated rings. The van der Waals surface area contributed by atoms with Crippen molar-refractivity contribution in [2.24, 2.45) is 10.4 Å². The van der Waals surface area contributed by atoms with Crippen LogP contribution in [0, 0.1) is 5.41 Å². The molecule has 2 aliphatic rings. The van der Waals surface area contributed by atoms with Crippen LogP contribution in [-0.4, -0.2) is 75.5 Å². The second-order valence-corrected chi connectivity index (χ2v) is 8.54. The monoisotopic (exact) mass is 510 g/mol. The van der Waals surface area contributed by atoms with Gasteiger partial charge in [0.05, 0.1) is 12.7 Å². The molecule has 166 valence electrons. The molecule has 1 aliphatic carbocycles. The van der Waals surface area contributed by atoms with Gasteiger partial charge >= 0.3 is 0 Å². The number of ether oxygens (including phenoxy) is 2. The van der Waals surface area contributed by atoms with Gasteiger partial charge in [0, 0.05) is 57.4 Å². The third-order valence-electron chi connectivity index (χ3n) is 6.16. The van der Waals surface area contributed by atoms with Crippen LogP contribution in [0.5, 0.6) is 0 Å². The van der Waals surface area contributed by atoms with Crippen LogP contribution in [0.1, 0.15) is 59.8 Å². The first-order chi connectivity index (χ1) is 13.0. The molecular weight excluding hydrogens is 467 g/mol. The van der Waals surface area contributed by atoms with Crippen molar-refractivity contribution in [2.45, 2.75) is 78.0 Å². The summed E-state index contributed by atoms with van der Waals surface area (Å²) in [4.78, 5) is 7.18. The topological polar surface area (TPSA) is 58.1 Å². The average Bonchev–Trinajstić information content (AvgIpc) is 2.66. The summed E-state index contributed by atoms with van der Waals surface area (Å²) in [7, 11) is 1.77. The molecule has 0 bridgehead atoms. The zero-order valence-corrected chi connectivity index (χ0v) is 21.0. The molecule has 1 saturated carbocycles. The Labute approximate surface area is 189 Å². The standard InChI is InChI=1S/C21H42N4O2.HI/c1-6-8-14-27-19-16-18(21(19,3)4)24-20(22-7-2)23-17-9-11-25(12-10-17)13-15-26-5;/h17-19H,6-16H2,1-5H3,(H2,22,23,24);1H. The molecule has 1 saturated heterocycles. The van der Waals surface area contributed by atoms with E-state index in [0.717, 1.165) is 71.0 Å². The van der Waals surface area contributed by atoms with Gasteiger partial charge in [0.2, 0.25) is 0 Å². The Kier molecular flexibility index (Phi) is 12.3. The van der Waals surface area contributed by atoms with Crippen molar-refractivity contribution in [3.63, 3.8) is 0 Å². The summed E-state index contributed by atoms with van der Waals surface area (Å²) >= 11 is 0. The lowest BCUT2D eigenvalue weighted by Gasteiger charge is -2.52. The smallest absolute Gasteiger partial charge is 0.191 e. The van der Waals surface area contributed by atoms with E-state index in [0.29, 0.717) is 18.2 Å². The van der Waals surface area contributed by atoms with Crippen molar-refractivity contribution in [3.8, 4) is 0 Å². The summed E-state index contributed by atoms with van der Waals surface area (Å²) < 4.78 is 11.3. The number of methoxy groups -OCH3 is 1. The van der Waals surface area contributed by atoms with Crippen molar-refractivity contribution < 1.29 is 9.47 Å². The zero-order valence-electron chi connectivity index (χ0n) is 18.6. The first-order valence-electron chi connectivity index (χ1n) is 10.9. The highest BCUT2D eigenvalue weighted by Crippen LogP contribution is 2.42. The number of likely N-dealkylation sites (tertiary alicyclic amines) is 1. The maximum absolute atomic E-state index is 6.08. The minimum absolute atomic E-state index is 0. The van der Waals surface area contributed by atoms with Gasteiger partial charge in [-0.15, -0.1) is 24.0 Å². The number of nitrogens with one attached hydrogen (secondary N) is 2. The van der Waals surface area contributed by atoms with Crippen LogP contribution in [0.3, 0.4) is 0 Å². The number of aliphatic imine (C=N–C) groups is 1. The van der Waals surface area contributed by atoms with Crippen molar-refractivity contribution in [1.82, 2.24) is 15.5 Å². The predicted octanol–water partition coefficient (Wildman–Crippen LogP) is 3.25. The average molecular weight is 511 g/mol. The van der Waals surface area contributed by atoms with Gasteiger partial charge in [0.1, 0.15) is 0 Å². The summed E-state index contributed by atoms with van der Waals surface area (Å²) in [5.41, 5.74) is 0.146. The summed E-state index contributed by atoms with van der Waals surface area (Å²) in [6.07, 6.45) is 6.08. The maximum Gasteiger partial charge on any atom is 0.191 e. The Morgan fingerprint density at radius 3 is 2.43 bits per heavy atom. The van der Waals surface area contributed by atoms with Crippen LogP contribution < -0.4 is 10.6 Å². The molecule has 6 nitrogen and oxygen atoms in total. The lowest BCUT2D eigenvalue weighted by molar-refractivity contribution is -0.113. The van der Waals surface area contributed by atoms with E-state index in [4.69, 9.17) is 14.5 Å². The molecule has 0 aromatic carbocycles. The molecule has 0 amide bonds. The molecule has 2 atom stereocenters. The molecule has 0 aromatic rings. The van der Waals surface area contributed by atoms with Gasteiger partial charge in [-0.05, 0) is 32.6 Å². The molecule has 2 unspecified atom stereocenters. The number of hydrogen-bond acceptors (Lipinski definition) is 4. The van der Waals surface area contributed by atoms with E-state index < -0.39 is 0 Å². The fraction of sp³-hybridized carbons (Fsp3) is 0.952. The van der Waals surface area contributed by atoms with Gasteiger partial charge in [-0.3, -0.25) is 4.99 Å². The second kappa shape index (κ2) is 13.2. The minimum Gasteiger partial charge on any atom is -0.383 e. The van der Waals surface area contributed by atoms with Crippen molar-refractivity contribution >= 4 is 29.9 Å². The molecule has 7 heteroatoms. The first kappa shape index (κ1) is 25.9. The molecule has 0 radical (unpaired) electrons. The summed E-state index contributed by atoms with van der Waals surface area (Å²) in [5.74, 6) is 0.970. The number of hydrogen-bond donors (Lipinski definition) is 2. The van der Waals surface area contributed by atoms with E-state index in [1.165, 1.54) is 6.42 Å². The van der Waals surface area contributed by atoms with E-state index in [9.17, 15) is 0 Å². The number of piperidine rings is 1. The fourth-order valence-electron chi connectivity index (χ4n) is 3.95. The van der Waals surface area contributed by atoms with Gasteiger partial charge in [-0.2, -0.15) is 0 Å². The highest BCUT2D eigenvalue weighted by Gasteiger charge is 2.49. The van der Waals surface area contributed by atoms with Crippen molar-refractivity contribution in [3.05, 3.63) is 0 Å². The number of unbranched alkanes of at least 4 members (excludes halogenated alkanes) is 1. The van der Waals surface area contributed by atoms with Gasteiger partial charge in [0.15, 0.2) is 5.96 Å². The minimum atomic E-state index is 0.